The van der Waals surface area contributed by atoms with E-state index in [0.717, 1.165) is 25.2 Å². The first-order valence-electron chi connectivity index (χ1n) is 3.79. The molecule has 0 unspecified atom stereocenters. The van der Waals surface area contributed by atoms with Crippen LogP contribution in [0.4, 0.5) is 0 Å². The molecule has 0 bridgehead atoms. The van der Waals surface area contributed by atoms with E-state index in [4.69, 9.17) is 10.5 Å². The highest BCUT2D eigenvalue weighted by Crippen LogP contribution is 2.07. The summed E-state index contributed by atoms with van der Waals surface area (Å²) in [4.78, 5) is 21.0. The highest BCUT2D eigenvalue weighted by Gasteiger charge is 2.14. The van der Waals surface area contributed by atoms with Crippen LogP contribution in [0.1, 0.15) is 0 Å². The first-order chi connectivity index (χ1) is 6.20. The Balaban J connectivity index is 2.17. The average molecular weight is 205 g/mol. The molecule has 7 heteroatoms. The van der Waals surface area contributed by atoms with E-state index in [0.29, 0.717) is 13.2 Å². The average Bonchev–Trinajstić information content (AvgIpc) is 2.15. The van der Waals surface area contributed by atoms with Gasteiger partial charge >= 0.3 is 11.8 Å². The van der Waals surface area contributed by atoms with Gasteiger partial charge in [-0.3, -0.25) is 14.3 Å². The van der Waals surface area contributed by atoms with Crippen molar-refractivity contribution in [3.63, 3.8) is 0 Å². The van der Waals surface area contributed by atoms with Crippen LogP contribution < -0.4 is 10.5 Å². The molecule has 1 aliphatic rings. The maximum absolute atomic E-state index is 10.7. The summed E-state index contributed by atoms with van der Waals surface area (Å²) in [5.74, 6) is -1.75. The minimum Gasteiger partial charge on any atom is -0.379 e. The lowest BCUT2D eigenvalue weighted by Crippen LogP contribution is -2.38. The molecule has 1 saturated heterocycles. The van der Waals surface area contributed by atoms with E-state index >= 15 is 0 Å². The Labute approximate surface area is 80.0 Å². The zero-order valence-corrected chi connectivity index (χ0v) is 7.80. The molecule has 6 nitrogen and oxygen atoms in total. The number of nitrogens with one attached hydrogen (secondary N) is 1. The number of carbonyl (C=O) groups is 2. The third-order valence-corrected chi connectivity index (χ3v) is 2.36. The molecule has 0 saturated carbocycles. The van der Waals surface area contributed by atoms with Gasteiger partial charge in [-0.1, -0.05) is 0 Å². The molecule has 1 heterocycles. The van der Waals surface area contributed by atoms with Crippen molar-refractivity contribution in [2.24, 2.45) is 5.73 Å². The van der Waals surface area contributed by atoms with Crippen molar-refractivity contribution in [3.05, 3.63) is 0 Å². The SMILES string of the molecule is NC(=O)C(=O)NSN1CCOCC1. The Hall–Kier alpha value is -0.790. The number of rotatable bonds is 2. The van der Waals surface area contributed by atoms with E-state index in [1.807, 2.05) is 4.31 Å². The monoisotopic (exact) mass is 205 g/mol. The third-order valence-electron chi connectivity index (χ3n) is 1.46. The lowest BCUT2D eigenvalue weighted by molar-refractivity contribution is -0.136. The van der Waals surface area contributed by atoms with E-state index in [9.17, 15) is 9.59 Å². The highest BCUT2D eigenvalue weighted by molar-refractivity contribution is 7.95. The molecule has 1 aliphatic heterocycles. The molecule has 1 fully saturated rings. The minimum atomic E-state index is -0.972. The largest absolute Gasteiger partial charge is 0.379 e. The van der Waals surface area contributed by atoms with Gasteiger partial charge in [0.2, 0.25) is 0 Å². The first kappa shape index (κ1) is 10.3. The number of hydrogen-bond donors (Lipinski definition) is 2. The predicted molar refractivity (Wildman–Crippen MR) is 47.3 cm³/mol. The Kier molecular flexibility index (Phi) is 4.00. The molecule has 0 aromatic carbocycles. The Morgan fingerprint density at radius 3 is 2.54 bits per heavy atom. The maximum Gasteiger partial charge on any atom is 0.319 e. The van der Waals surface area contributed by atoms with Crippen LogP contribution >= 0.6 is 12.1 Å². The van der Waals surface area contributed by atoms with Crippen LogP contribution in [-0.4, -0.2) is 42.4 Å². The topological polar surface area (TPSA) is 84.7 Å². The molecule has 1 rings (SSSR count). The summed E-state index contributed by atoms with van der Waals surface area (Å²) in [5.41, 5.74) is 4.74. The highest BCUT2D eigenvalue weighted by atomic mass is 32.2. The summed E-state index contributed by atoms with van der Waals surface area (Å²) in [5, 5.41) is 0. The maximum atomic E-state index is 10.7. The van der Waals surface area contributed by atoms with Crippen LogP contribution in [0.5, 0.6) is 0 Å². The molecular weight excluding hydrogens is 194 g/mol. The molecule has 0 aromatic heterocycles. The quantitative estimate of drug-likeness (QED) is 0.422. The summed E-state index contributed by atoms with van der Waals surface area (Å²) in [6.07, 6.45) is 0. The van der Waals surface area contributed by atoms with Crippen molar-refractivity contribution in [2.75, 3.05) is 26.3 Å². The van der Waals surface area contributed by atoms with Gasteiger partial charge in [-0.05, 0) is 0 Å². The van der Waals surface area contributed by atoms with Crippen molar-refractivity contribution >= 4 is 23.9 Å². The van der Waals surface area contributed by atoms with Crippen molar-refractivity contribution < 1.29 is 14.3 Å². The molecule has 0 aliphatic carbocycles. The van der Waals surface area contributed by atoms with Crippen molar-refractivity contribution in [2.45, 2.75) is 0 Å². The van der Waals surface area contributed by atoms with Crippen LogP contribution in [0.25, 0.3) is 0 Å². The molecule has 0 spiro atoms. The van der Waals surface area contributed by atoms with E-state index in [1.54, 1.807) is 0 Å². The van der Waals surface area contributed by atoms with Crippen LogP contribution in [0.2, 0.25) is 0 Å². The summed E-state index contributed by atoms with van der Waals surface area (Å²) in [6.45, 7) is 2.73. The summed E-state index contributed by atoms with van der Waals surface area (Å²) in [6, 6.07) is 0. The van der Waals surface area contributed by atoms with Crippen LogP contribution in [-0.2, 0) is 14.3 Å². The fourth-order valence-electron chi connectivity index (χ4n) is 0.794. The molecule has 0 atom stereocenters. The van der Waals surface area contributed by atoms with Gasteiger partial charge in [0, 0.05) is 25.2 Å². The predicted octanol–water partition coefficient (Wildman–Crippen LogP) is -1.52. The molecule has 74 valence electrons. The Morgan fingerprint density at radius 1 is 1.38 bits per heavy atom. The zero-order chi connectivity index (χ0) is 9.68. The molecular formula is C6H11N3O3S. The summed E-state index contributed by atoms with van der Waals surface area (Å²) in [7, 11) is 0. The molecule has 0 aromatic rings. The minimum absolute atomic E-state index is 0.638. The molecule has 3 N–H and O–H groups in total. The summed E-state index contributed by atoms with van der Waals surface area (Å²) < 4.78 is 9.31. The van der Waals surface area contributed by atoms with E-state index < -0.39 is 11.8 Å². The molecule has 2 amide bonds. The van der Waals surface area contributed by atoms with Gasteiger partial charge in [0.25, 0.3) is 0 Å². The second-order valence-corrected chi connectivity index (χ2v) is 3.33. The number of ether oxygens (including phenoxy) is 1. The van der Waals surface area contributed by atoms with Crippen molar-refractivity contribution in [3.8, 4) is 0 Å². The second kappa shape index (κ2) is 5.05. The lowest BCUT2D eigenvalue weighted by Gasteiger charge is -2.24. The number of primary amides is 1. The van der Waals surface area contributed by atoms with Crippen molar-refractivity contribution in [1.82, 2.24) is 9.03 Å². The van der Waals surface area contributed by atoms with E-state index in [1.165, 1.54) is 0 Å². The van der Waals surface area contributed by atoms with E-state index in [2.05, 4.69) is 4.72 Å². The molecule has 13 heavy (non-hydrogen) atoms. The smallest absolute Gasteiger partial charge is 0.319 e. The Morgan fingerprint density at radius 2 is 2.00 bits per heavy atom. The fourth-order valence-corrected chi connectivity index (χ4v) is 1.44. The lowest BCUT2D eigenvalue weighted by atomic mass is 10.5. The number of morpholine rings is 1. The van der Waals surface area contributed by atoms with Gasteiger partial charge in [0.05, 0.1) is 13.2 Å². The first-order valence-corrected chi connectivity index (χ1v) is 4.57. The normalized spacial score (nSPS) is 18.2. The number of nitrogens with two attached hydrogens (primary N) is 1. The third kappa shape index (κ3) is 3.62. The van der Waals surface area contributed by atoms with Crippen LogP contribution in [0.15, 0.2) is 0 Å². The van der Waals surface area contributed by atoms with Crippen LogP contribution in [0, 0.1) is 0 Å². The number of amides is 2. The number of hydrogen-bond acceptors (Lipinski definition) is 5. The van der Waals surface area contributed by atoms with Gasteiger partial charge in [0.1, 0.15) is 0 Å². The van der Waals surface area contributed by atoms with E-state index in [-0.39, 0.29) is 0 Å². The van der Waals surface area contributed by atoms with Gasteiger partial charge < -0.3 is 10.5 Å². The van der Waals surface area contributed by atoms with Crippen LogP contribution in [0.3, 0.4) is 0 Å². The second-order valence-electron chi connectivity index (χ2n) is 2.43. The van der Waals surface area contributed by atoms with Gasteiger partial charge in [-0.25, -0.2) is 4.31 Å². The zero-order valence-electron chi connectivity index (χ0n) is 6.99. The van der Waals surface area contributed by atoms with Gasteiger partial charge in [-0.2, -0.15) is 0 Å². The summed E-state index contributed by atoms with van der Waals surface area (Å²) >= 11 is 1.09. The molecule has 0 radical (unpaired) electrons. The number of carbonyl (C=O) groups excluding carboxylic acids is 2. The van der Waals surface area contributed by atoms with Gasteiger partial charge in [0.15, 0.2) is 0 Å². The number of nitrogens with zero attached hydrogens (tertiary/aromatic N) is 1. The van der Waals surface area contributed by atoms with Crippen molar-refractivity contribution in [1.29, 1.82) is 0 Å². The fraction of sp³-hybridized carbons (Fsp3) is 0.667. The standard InChI is InChI=1S/C6H11N3O3S/c7-5(10)6(11)8-13-9-1-3-12-4-2-9/h1-4H2,(H2,7,10)(H,8,11). The van der Waals surface area contributed by atoms with Gasteiger partial charge in [-0.15, -0.1) is 0 Å². The Bertz CT molecular complexity index is 205.